The molecule has 0 aliphatic heterocycles. The van der Waals surface area contributed by atoms with Gasteiger partial charge in [0.05, 0.1) is 5.56 Å². The summed E-state index contributed by atoms with van der Waals surface area (Å²) in [6.07, 6.45) is -4.41. The number of rotatable bonds is 3. The zero-order chi connectivity index (χ0) is 15.6. The third-order valence-electron chi connectivity index (χ3n) is 3.13. The van der Waals surface area contributed by atoms with Crippen molar-refractivity contribution in [1.82, 2.24) is 0 Å². The summed E-state index contributed by atoms with van der Waals surface area (Å²) in [5, 5.41) is 21.9. The predicted molar refractivity (Wildman–Crippen MR) is 73.3 cm³/mol. The molecule has 0 radical (unpaired) electrons. The Hall–Kier alpha value is -2.37. The molecule has 6 heteroatoms. The Labute approximate surface area is 119 Å². The number of halogens is 3. The fourth-order valence-electron chi connectivity index (χ4n) is 1.90. The number of phenols is 2. The first-order valence-electron chi connectivity index (χ1n) is 6.20. The summed E-state index contributed by atoms with van der Waals surface area (Å²) in [7, 11) is 0. The van der Waals surface area contributed by atoms with E-state index >= 15 is 0 Å². The van der Waals surface area contributed by atoms with Crippen LogP contribution in [0.15, 0.2) is 36.4 Å². The SMILES string of the molecule is Cc1ccc(C(F)(F)F)cc1NCc1cccc(O)c1O. The minimum atomic E-state index is -4.41. The van der Waals surface area contributed by atoms with Gasteiger partial charge in [-0.15, -0.1) is 0 Å². The average Bonchev–Trinajstić information content (AvgIpc) is 2.40. The van der Waals surface area contributed by atoms with E-state index in [4.69, 9.17) is 0 Å². The molecule has 21 heavy (non-hydrogen) atoms. The molecule has 112 valence electrons. The third kappa shape index (κ3) is 3.39. The number of para-hydroxylation sites is 1. The number of aromatic hydroxyl groups is 2. The molecular formula is C15H14F3NO2. The predicted octanol–water partition coefficient (Wildman–Crippen LogP) is 4.04. The number of phenolic OH excluding ortho intramolecular Hbond substituents is 2. The maximum absolute atomic E-state index is 12.7. The molecule has 0 spiro atoms. The van der Waals surface area contributed by atoms with Crippen molar-refractivity contribution in [3.8, 4) is 11.5 Å². The second-order valence-electron chi connectivity index (χ2n) is 4.67. The van der Waals surface area contributed by atoms with Gasteiger partial charge in [0.2, 0.25) is 0 Å². The molecular weight excluding hydrogens is 283 g/mol. The highest BCUT2D eigenvalue weighted by atomic mass is 19.4. The molecule has 0 aliphatic rings. The quantitative estimate of drug-likeness (QED) is 0.749. The molecule has 0 saturated heterocycles. The van der Waals surface area contributed by atoms with Gasteiger partial charge in [0.15, 0.2) is 11.5 Å². The minimum absolute atomic E-state index is 0.0996. The zero-order valence-electron chi connectivity index (χ0n) is 11.2. The smallest absolute Gasteiger partial charge is 0.416 e. The number of hydrogen-bond donors (Lipinski definition) is 3. The highest BCUT2D eigenvalue weighted by Gasteiger charge is 2.30. The summed E-state index contributed by atoms with van der Waals surface area (Å²) in [5.41, 5.74) is 0.637. The van der Waals surface area contributed by atoms with Gasteiger partial charge in [-0.1, -0.05) is 18.2 Å². The standard InChI is InChI=1S/C15H14F3NO2/c1-9-5-6-11(15(16,17)18)7-12(9)19-8-10-3-2-4-13(20)14(10)21/h2-7,19-21H,8H2,1H3. The lowest BCUT2D eigenvalue weighted by molar-refractivity contribution is -0.137. The first-order valence-corrected chi connectivity index (χ1v) is 6.20. The molecule has 0 atom stereocenters. The molecule has 0 heterocycles. The van der Waals surface area contributed by atoms with Crippen molar-refractivity contribution in [1.29, 1.82) is 0 Å². The van der Waals surface area contributed by atoms with Gasteiger partial charge >= 0.3 is 6.18 Å². The van der Waals surface area contributed by atoms with Gasteiger partial charge in [-0.25, -0.2) is 0 Å². The van der Waals surface area contributed by atoms with Gasteiger partial charge in [0, 0.05) is 17.8 Å². The van der Waals surface area contributed by atoms with Crippen LogP contribution in [0.3, 0.4) is 0 Å². The normalized spacial score (nSPS) is 11.4. The maximum atomic E-state index is 12.7. The summed E-state index contributed by atoms with van der Waals surface area (Å²) < 4.78 is 38.0. The van der Waals surface area contributed by atoms with Crippen LogP contribution >= 0.6 is 0 Å². The van der Waals surface area contributed by atoms with Crippen LogP contribution in [-0.2, 0) is 12.7 Å². The van der Waals surface area contributed by atoms with E-state index in [-0.39, 0.29) is 18.0 Å². The van der Waals surface area contributed by atoms with Crippen molar-refractivity contribution in [2.24, 2.45) is 0 Å². The van der Waals surface area contributed by atoms with Crippen LogP contribution in [0, 0.1) is 6.92 Å². The van der Waals surface area contributed by atoms with Crippen molar-refractivity contribution in [3.05, 3.63) is 53.1 Å². The second kappa shape index (κ2) is 5.55. The number of alkyl halides is 3. The first kappa shape index (κ1) is 15.0. The van der Waals surface area contributed by atoms with E-state index in [0.29, 0.717) is 16.8 Å². The van der Waals surface area contributed by atoms with Crippen LogP contribution < -0.4 is 5.32 Å². The van der Waals surface area contributed by atoms with Gasteiger partial charge < -0.3 is 15.5 Å². The van der Waals surface area contributed by atoms with Crippen LogP contribution in [0.1, 0.15) is 16.7 Å². The summed E-state index contributed by atoms with van der Waals surface area (Å²) in [6.45, 7) is 1.78. The Morgan fingerprint density at radius 1 is 1.10 bits per heavy atom. The zero-order valence-corrected chi connectivity index (χ0v) is 11.2. The van der Waals surface area contributed by atoms with Crippen molar-refractivity contribution >= 4 is 5.69 Å². The van der Waals surface area contributed by atoms with Crippen molar-refractivity contribution < 1.29 is 23.4 Å². The summed E-state index contributed by atoms with van der Waals surface area (Å²) in [5.74, 6) is -0.551. The van der Waals surface area contributed by atoms with Crippen LogP contribution in [-0.4, -0.2) is 10.2 Å². The Morgan fingerprint density at radius 2 is 1.81 bits per heavy atom. The molecule has 2 aromatic rings. The van der Waals surface area contributed by atoms with E-state index in [0.717, 1.165) is 12.1 Å². The molecule has 0 amide bonds. The topological polar surface area (TPSA) is 52.5 Å². The number of anilines is 1. The molecule has 0 bridgehead atoms. The Morgan fingerprint density at radius 3 is 2.48 bits per heavy atom. The van der Waals surface area contributed by atoms with E-state index in [2.05, 4.69) is 5.32 Å². The third-order valence-corrected chi connectivity index (χ3v) is 3.13. The van der Waals surface area contributed by atoms with E-state index in [9.17, 15) is 23.4 Å². The Balaban J connectivity index is 2.22. The van der Waals surface area contributed by atoms with E-state index < -0.39 is 11.7 Å². The molecule has 3 nitrogen and oxygen atoms in total. The number of nitrogens with one attached hydrogen (secondary N) is 1. The molecule has 2 rings (SSSR count). The van der Waals surface area contributed by atoms with Gasteiger partial charge in [-0.2, -0.15) is 13.2 Å². The van der Waals surface area contributed by atoms with Gasteiger partial charge in [-0.3, -0.25) is 0 Å². The molecule has 3 N–H and O–H groups in total. The summed E-state index contributed by atoms with van der Waals surface area (Å²) >= 11 is 0. The largest absolute Gasteiger partial charge is 0.504 e. The first-order chi connectivity index (χ1) is 9.79. The highest BCUT2D eigenvalue weighted by Crippen LogP contribution is 2.33. The summed E-state index contributed by atoms with van der Waals surface area (Å²) in [4.78, 5) is 0. The molecule has 2 aromatic carbocycles. The summed E-state index contributed by atoms with van der Waals surface area (Å²) in [6, 6.07) is 7.87. The molecule has 0 saturated carbocycles. The average molecular weight is 297 g/mol. The maximum Gasteiger partial charge on any atom is 0.416 e. The van der Waals surface area contributed by atoms with Crippen LogP contribution in [0.25, 0.3) is 0 Å². The number of benzene rings is 2. The minimum Gasteiger partial charge on any atom is -0.504 e. The monoisotopic (exact) mass is 297 g/mol. The van der Waals surface area contributed by atoms with Crippen LogP contribution in [0.5, 0.6) is 11.5 Å². The number of hydrogen-bond acceptors (Lipinski definition) is 3. The Kier molecular flexibility index (Phi) is 3.97. The van der Waals surface area contributed by atoms with Gasteiger partial charge in [0.1, 0.15) is 0 Å². The van der Waals surface area contributed by atoms with Crippen LogP contribution in [0.4, 0.5) is 18.9 Å². The van der Waals surface area contributed by atoms with Gasteiger partial charge in [-0.05, 0) is 30.7 Å². The van der Waals surface area contributed by atoms with E-state index in [1.54, 1.807) is 19.1 Å². The molecule has 0 fully saturated rings. The van der Waals surface area contributed by atoms with Crippen molar-refractivity contribution in [2.45, 2.75) is 19.6 Å². The number of aryl methyl sites for hydroxylation is 1. The lowest BCUT2D eigenvalue weighted by Gasteiger charge is -2.14. The van der Waals surface area contributed by atoms with E-state index in [1.807, 2.05) is 0 Å². The molecule has 0 unspecified atom stereocenters. The second-order valence-corrected chi connectivity index (χ2v) is 4.67. The lowest BCUT2D eigenvalue weighted by atomic mass is 10.1. The van der Waals surface area contributed by atoms with Gasteiger partial charge in [0.25, 0.3) is 0 Å². The molecule has 0 aliphatic carbocycles. The van der Waals surface area contributed by atoms with Crippen molar-refractivity contribution in [3.63, 3.8) is 0 Å². The molecule has 0 aromatic heterocycles. The lowest BCUT2D eigenvalue weighted by Crippen LogP contribution is -2.07. The van der Waals surface area contributed by atoms with Crippen molar-refractivity contribution in [2.75, 3.05) is 5.32 Å². The van der Waals surface area contributed by atoms with E-state index in [1.165, 1.54) is 12.1 Å². The Bertz CT molecular complexity index is 654. The highest BCUT2D eigenvalue weighted by molar-refractivity contribution is 5.54. The van der Waals surface area contributed by atoms with Crippen LogP contribution in [0.2, 0.25) is 0 Å². The fourth-order valence-corrected chi connectivity index (χ4v) is 1.90. The fraction of sp³-hybridized carbons (Fsp3) is 0.200.